The van der Waals surface area contributed by atoms with Gasteiger partial charge >= 0.3 is 0 Å². The summed E-state index contributed by atoms with van der Waals surface area (Å²) in [5.41, 5.74) is 2.60. The fraction of sp³-hybridized carbons (Fsp3) is 0.300. The first-order valence-electron chi connectivity index (χ1n) is 8.95. The Balaban J connectivity index is 1.68. The third kappa shape index (κ3) is 4.75. The number of amides is 1. The molecular weight excluding hydrogens is 347 g/mol. The standard InChI is InChI=1S/C20H23FN4O2/c1-2-22-20(23-11-13-7-8-18(26)16(21)9-13)24-12-14-10-19(27)25-17-6-4-3-5-15(14)17/h3-9,14,26H,2,10-12H2,1H3,(H,25,27)(H2,22,23,24). The van der Waals surface area contributed by atoms with Crippen molar-refractivity contribution in [1.82, 2.24) is 10.6 Å². The number of nitrogens with zero attached hydrogens (tertiary/aromatic N) is 1. The first kappa shape index (κ1) is 18.7. The highest BCUT2D eigenvalue weighted by atomic mass is 19.1. The van der Waals surface area contributed by atoms with Gasteiger partial charge in [0.15, 0.2) is 17.5 Å². The van der Waals surface area contributed by atoms with Gasteiger partial charge in [0.1, 0.15) is 0 Å². The molecule has 27 heavy (non-hydrogen) atoms. The van der Waals surface area contributed by atoms with E-state index in [2.05, 4.69) is 20.9 Å². The highest BCUT2D eigenvalue weighted by Gasteiger charge is 2.24. The number of nitrogens with one attached hydrogen (secondary N) is 3. The Bertz CT molecular complexity index is 854. The number of benzene rings is 2. The molecule has 1 aliphatic rings. The van der Waals surface area contributed by atoms with Crippen LogP contribution >= 0.6 is 0 Å². The summed E-state index contributed by atoms with van der Waals surface area (Å²) in [7, 11) is 0. The van der Waals surface area contributed by atoms with Crippen LogP contribution in [0.3, 0.4) is 0 Å². The lowest BCUT2D eigenvalue weighted by molar-refractivity contribution is -0.116. The van der Waals surface area contributed by atoms with E-state index in [1.54, 1.807) is 6.07 Å². The number of carbonyl (C=O) groups excluding carboxylic acids is 1. The van der Waals surface area contributed by atoms with Crippen LogP contribution in [-0.2, 0) is 11.3 Å². The average Bonchev–Trinajstić information content (AvgIpc) is 2.66. The molecule has 3 rings (SSSR count). The Hall–Kier alpha value is -3.09. The van der Waals surface area contributed by atoms with Crippen molar-refractivity contribution < 1.29 is 14.3 Å². The van der Waals surface area contributed by atoms with Crippen LogP contribution in [0.25, 0.3) is 0 Å². The van der Waals surface area contributed by atoms with E-state index in [0.717, 1.165) is 11.3 Å². The molecule has 1 unspecified atom stereocenters. The Kier molecular flexibility index (Phi) is 5.90. The summed E-state index contributed by atoms with van der Waals surface area (Å²) in [6.45, 7) is 3.47. The number of phenolic OH excluding ortho intramolecular Hbond substituents is 1. The number of hydrogen-bond donors (Lipinski definition) is 4. The van der Waals surface area contributed by atoms with Crippen LogP contribution in [0.4, 0.5) is 10.1 Å². The smallest absolute Gasteiger partial charge is 0.225 e. The minimum absolute atomic E-state index is 0.00186. The quantitative estimate of drug-likeness (QED) is 0.482. The molecule has 1 heterocycles. The number of anilines is 1. The van der Waals surface area contributed by atoms with Gasteiger partial charge in [-0.25, -0.2) is 9.38 Å². The molecule has 0 spiro atoms. The van der Waals surface area contributed by atoms with Gasteiger partial charge in [-0.3, -0.25) is 4.79 Å². The van der Waals surface area contributed by atoms with Crippen molar-refractivity contribution in [2.75, 3.05) is 18.4 Å². The molecule has 7 heteroatoms. The van der Waals surface area contributed by atoms with E-state index in [0.29, 0.717) is 31.0 Å². The predicted molar refractivity (Wildman–Crippen MR) is 103 cm³/mol. The largest absolute Gasteiger partial charge is 0.505 e. The zero-order valence-corrected chi connectivity index (χ0v) is 15.1. The monoisotopic (exact) mass is 370 g/mol. The van der Waals surface area contributed by atoms with Gasteiger partial charge in [0.2, 0.25) is 5.91 Å². The molecule has 142 valence electrons. The van der Waals surface area contributed by atoms with Crippen molar-refractivity contribution in [2.24, 2.45) is 4.99 Å². The lowest BCUT2D eigenvalue weighted by Crippen LogP contribution is -2.40. The zero-order chi connectivity index (χ0) is 19.2. The first-order valence-corrected chi connectivity index (χ1v) is 8.95. The Labute approximate surface area is 157 Å². The molecule has 0 saturated carbocycles. The summed E-state index contributed by atoms with van der Waals surface area (Å²) >= 11 is 0. The highest BCUT2D eigenvalue weighted by Crippen LogP contribution is 2.31. The normalized spacial score (nSPS) is 16.4. The molecule has 1 amide bonds. The van der Waals surface area contributed by atoms with Gasteiger partial charge in [-0.05, 0) is 36.2 Å². The molecule has 0 aromatic heterocycles. The molecule has 0 fully saturated rings. The van der Waals surface area contributed by atoms with Gasteiger partial charge in [-0.15, -0.1) is 0 Å². The van der Waals surface area contributed by atoms with Crippen LogP contribution in [0.5, 0.6) is 5.75 Å². The summed E-state index contributed by atoms with van der Waals surface area (Å²) in [5, 5.41) is 18.6. The van der Waals surface area contributed by atoms with Crippen molar-refractivity contribution in [3.05, 3.63) is 59.4 Å². The molecule has 2 aromatic rings. The van der Waals surface area contributed by atoms with Crippen molar-refractivity contribution in [2.45, 2.75) is 25.8 Å². The third-order valence-electron chi connectivity index (χ3n) is 4.40. The van der Waals surface area contributed by atoms with E-state index in [1.807, 2.05) is 31.2 Å². The Morgan fingerprint density at radius 1 is 1.30 bits per heavy atom. The van der Waals surface area contributed by atoms with Crippen molar-refractivity contribution in [3.8, 4) is 5.75 Å². The second kappa shape index (κ2) is 8.53. The lowest BCUT2D eigenvalue weighted by atomic mass is 9.90. The molecule has 2 aromatic carbocycles. The number of fused-ring (bicyclic) bond motifs is 1. The first-order chi connectivity index (χ1) is 13.1. The van der Waals surface area contributed by atoms with Gasteiger partial charge in [0, 0.05) is 31.1 Å². The van der Waals surface area contributed by atoms with Crippen LogP contribution in [0.1, 0.15) is 30.4 Å². The minimum Gasteiger partial charge on any atom is -0.505 e. The van der Waals surface area contributed by atoms with Crippen molar-refractivity contribution in [3.63, 3.8) is 0 Å². The fourth-order valence-electron chi connectivity index (χ4n) is 3.06. The van der Waals surface area contributed by atoms with Crippen LogP contribution in [0, 0.1) is 5.82 Å². The molecule has 0 bridgehead atoms. The number of aliphatic imine (C=N–C) groups is 1. The van der Waals surface area contributed by atoms with Crippen molar-refractivity contribution in [1.29, 1.82) is 0 Å². The topological polar surface area (TPSA) is 85.8 Å². The number of halogens is 1. The van der Waals surface area contributed by atoms with Gasteiger partial charge in [-0.2, -0.15) is 0 Å². The van der Waals surface area contributed by atoms with Crippen LogP contribution < -0.4 is 16.0 Å². The van der Waals surface area contributed by atoms with E-state index < -0.39 is 5.82 Å². The number of para-hydroxylation sites is 1. The van der Waals surface area contributed by atoms with E-state index in [4.69, 9.17) is 0 Å². The number of rotatable bonds is 5. The van der Waals surface area contributed by atoms with E-state index in [1.165, 1.54) is 12.1 Å². The van der Waals surface area contributed by atoms with Crippen LogP contribution in [0.15, 0.2) is 47.5 Å². The fourth-order valence-corrected chi connectivity index (χ4v) is 3.06. The van der Waals surface area contributed by atoms with Gasteiger partial charge < -0.3 is 21.1 Å². The predicted octanol–water partition coefficient (Wildman–Crippen LogP) is 2.71. The molecule has 1 atom stereocenters. The maximum atomic E-state index is 13.5. The van der Waals surface area contributed by atoms with Gasteiger partial charge in [-0.1, -0.05) is 24.3 Å². The van der Waals surface area contributed by atoms with E-state index >= 15 is 0 Å². The van der Waals surface area contributed by atoms with Crippen LogP contribution in [0.2, 0.25) is 0 Å². The molecule has 1 aliphatic heterocycles. The Morgan fingerprint density at radius 3 is 2.89 bits per heavy atom. The number of hydrogen-bond acceptors (Lipinski definition) is 3. The summed E-state index contributed by atoms with van der Waals surface area (Å²) in [6, 6.07) is 12.0. The lowest BCUT2D eigenvalue weighted by Gasteiger charge is -2.26. The molecule has 0 aliphatic carbocycles. The second-order valence-corrected chi connectivity index (χ2v) is 6.40. The summed E-state index contributed by atoms with van der Waals surface area (Å²) < 4.78 is 13.5. The third-order valence-corrected chi connectivity index (χ3v) is 4.40. The van der Waals surface area contributed by atoms with Gasteiger partial charge in [0.25, 0.3) is 0 Å². The second-order valence-electron chi connectivity index (χ2n) is 6.40. The molecule has 6 nitrogen and oxygen atoms in total. The number of carbonyl (C=O) groups is 1. The number of guanidine groups is 1. The summed E-state index contributed by atoms with van der Waals surface area (Å²) in [4.78, 5) is 16.4. The average molecular weight is 370 g/mol. The van der Waals surface area contributed by atoms with Crippen LogP contribution in [-0.4, -0.2) is 30.1 Å². The van der Waals surface area contributed by atoms with E-state index in [9.17, 15) is 14.3 Å². The number of phenols is 1. The minimum atomic E-state index is -0.662. The van der Waals surface area contributed by atoms with Gasteiger partial charge in [0.05, 0.1) is 6.54 Å². The SMILES string of the molecule is CCNC(=NCc1ccc(O)c(F)c1)NCC1CC(=O)Nc2ccccc21. The Morgan fingerprint density at radius 2 is 2.11 bits per heavy atom. The highest BCUT2D eigenvalue weighted by molar-refractivity contribution is 5.94. The maximum absolute atomic E-state index is 13.5. The number of aromatic hydroxyl groups is 1. The summed E-state index contributed by atoms with van der Waals surface area (Å²) in [5.74, 6) is -0.395. The molecule has 0 saturated heterocycles. The van der Waals surface area contributed by atoms with Crippen molar-refractivity contribution >= 4 is 17.6 Å². The maximum Gasteiger partial charge on any atom is 0.225 e. The molecular formula is C20H23FN4O2. The summed E-state index contributed by atoms with van der Waals surface area (Å²) in [6.07, 6.45) is 0.409. The molecule has 4 N–H and O–H groups in total. The molecule has 0 radical (unpaired) electrons. The zero-order valence-electron chi connectivity index (χ0n) is 15.1. The van der Waals surface area contributed by atoms with E-state index in [-0.39, 0.29) is 24.1 Å².